The van der Waals surface area contributed by atoms with Crippen molar-refractivity contribution in [1.29, 1.82) is 0 Å². The topological polar surface area (TPSA) is 46.3 Å². The summed E-state index contributed by atoms with van der Waals surface area (Å²) in [7, 11) is 0. The highest BCUT2D eigenvalue weighted by atomic mass is 16.2. The van der Waals surface area contributed by atoms with Gasteiger partial charge in [-0.25, -0.2) is 0 Å². The summed E-state index contributed by atoms with van der Waals surface area (Å²) in [6.45, 7) is 7.65. The first-order chi connectivity index (χ1) is 9.95. The van der Waals surface area contributed by atoms with Crippen LogP contribution in [0.15, 0.2) is 30.3 Å². The molecule has 0 bridgehead atoms. The highest BCUT2D eigenvalue weighted by molar-refractivity contribution is 5.99. The molecule has 1 heterocycles. The third kappa shape index (κ3) is 2.40. The van der Waals surface area contributed by atoms with E-state index in [2.05, 4.69) is 32.9 Å². The molecule has 0 atom stereocenters. The second-order valence-electron chi connectivity index (χ2n) is 5.96. The van der Waals surface area contributed by atoms with Crippen LogP contribution in [-0.4, -0.2) is 10.8 Å². The van der Waals surface area contributed by atoms with Crippen LogP contribution in [0, 0.1) is 20.8 Å². The molecule has 108 valence electrons. The van der Waals surface area contributed by atoms with E-state index in [1.54, 1.807) is 6.07 Å². The lowest BCUT2D eigenvalue weighted by Gasteiger charge is -2.19. The average molecular weight is 280 g/mol. The summed E-state index contributed by atoms with van der Waals surface area (Å²) >= 11 is 0. The van der Waals surface area contributed by atoms with Gasteiger partial charge in [0.15, 0.2) is 0 Å². The molecule has 0 unspecified atom stereocenters. The molecule has 0 fully saturated rings. The Morgan fingerprint density at radius 1 is 1.10 bits per heavy atom. The third-order valence-corrected chi connectivity index (χ3v) is 4.20. The minimum absolute atomic E-state index is 0.0803. The van der Waals surface area contributed by atoms with Gasteiger partial charge in [0.25, 0.3) is 5.91 Å². The normalized spacial score (nSPS) is 13.7. The molecule has 0 spiro atoms. The smallest absolute Gasteiger partial charge is 0.254 e. The number of carbonyl (C=O) groups is 1. The van der Waals surface area contributed by atoms with E-state index in [1.165, 1.54) is 22.3 Å². The van der Waals surface area contributed by atoms with Crippen molar-refractivity contribution in [2.24, 2.45) is 0 Å². The van der Waals surface area contributed by atoms with Gasteiger partial charge in [0.2, 0.25) is 0 Å². The van der Waals surface area contributed by atoms with Gasteiger partial charge in [0.05, 0.1) is 0 Å². The van der Waals surface area contributed by atoms with Crippen LogP contribution in [0.5, 0.6) is 0 Å². The number of nitrogen functional groups attached to an aromatic ring is 1. The number of nitrogens with two attached hydrogens (primary N) is 1. The third-order valence-electron chi connectivity index (χ3n) is 4.20. The van der Waals surface area contributed by atoms with E-state index in [0.717, 1.165) is 11.1 Å². The van der Waals surface area contributed by atoms with E-state index in [9.17, 15) is 4.79 Å². The lowest BCUT2D eigenvalue weighted by molar-refractivity contribution is 0.0766. The van der Waals surface area contributed by atoms with Crippen LogP contribution < -0.4 is 5.73 Å². The molecule has 0 saturated carbocycles. The number of rotatable bonds is 2. The highest BCUT2D eigenvalue weighted by Gasteiger charge is 2.27. The van der Waals surface area contributed by atoms with Gasteiger partial charge < -0.3 is 10.6 Å². The summed E-state index contributed by atoms with van der Waals surface area (Å²) in [6.07, 6.45) is 0. The van der Waals surface area contributed by atoms with Crippen LogP contribution in [0.4, 0.5) is 5.69 Å². The minimum atomic E-state index is 0.0803. The Bertz CT molecular complexity index is 711. The fourth-order valence-electron chi connectivity index (χ4n) is 3.16. The van der Waals surface area contributed by atoms with E-state index in [-0.39, 0.29) is 5.91 Å². The van der Waals surface area contributed by atoms with Crippen molar-refractivity contribution in [2.75, 3.05) is 5.73 Å². The zero-order valence-electron chi connectivity index (χ0n) is 12.7. The highest BCUT2D eigenvalue weighted by Crippen LogP contribution is 2.28. The molecule has 1 amide bonds. The summed E-state index contributed by atoms with van der Waals surface area (Å²) in [6, 6.07) is 9.95. The minimum Gasteiger partial charge on any atom is -0.399 e. The van der Waals surface area contributed by atoms with E-state index >= 15 is 0 Å². The molecule has 1 aliphatic rings. The lowest BCUT2D eigenvalue weighted by Crippen LogP contribution is -2.24. The second kappa shape index (κ2) is 4.92. The van der Waals surface area contributed by atoms with Crippen molar-refractivity contribution in [2.45, 2.75) is 33.9 Å². The van der Waals surface area contributed by atoms with Crippen LogP contribution >= 0.6 is 0 Å². The maximum absolute atomic E-state index is 12.5. The van der Waals surface area contributed by atoms with Crippen molar-refractivity contribution >= 4 is 11.6 Å². The molecule has 2 aromatic rings. The monoisotopic (exact) mass is 280 g/mol. The molecule has 1 aliphatic heterocycles. The van der Waals surface area contributed by atoms with E-state index in [1.807, 2.05) is 17.0 Å². The quantitative estimate of drug-likeness (QED) is 0.857. The fraction of sp³-hybridized carbons (Fsp3) is 0.278. The number of nitrogens with zero attached hydrogens (tertiary/aromatic N) is 1. The van der Waals surface area contributed by atoms with Crippen LogP contribution in [0.2, 0.25) is 0 Å². The van der Waals surface area contributed by atoms with E-state index in [0.29, 0.717) is 18.8 Å². The Balaban J connectivity index is 1.90. The second-order valence-corrected chi connectivity index (χ2v) is 5.96. The van der Waals surface area contributed by atoms with Crippen LogP contribution in [0.1, 0.15) is 38.2 Å². The van der Waals surface area contributed by atoms with Gasteiger partial charge in [-0.15, -0.1) is 0 Å². The first-order valence-corrected chi connectivity index (χ1v) is 7.20. The number of carbonyl (C=O) groups excluding carboxylic acids is 1. The standard InChI is InChI=1S/C18H20N2O/c1-11-6-12(2)17(13(3)7-11)10-20-9-14-4-5-15(19)8-16(14)18(20)21/h4-8H,9-10,19H2,1-3H3. The number of benzene rings is 2. The lowest BCUT2D eigenvalue weighted by atomic mass is 9.99. The summed E-state index contributed by atoms with van der Waals surface area (Å²) in [5, 5.41) is 0. The SMILES string of the molecule is Cc1cc(C)c(CN2Cc3ccc(N)cc3C2=O)c(C)c1. The molecule has 0 aliphatic carbocycles. The zero-order valence-corrected chi connectivity index (χ0v) is 12.7. The number of hydrogen-bond donors (Lipinski definition) is 1. The van der Waals surface area contributed by atoms with Crippen molar-refractivity contribution in [3.05, 3.63) is 63.7 Å². The predicted molar refractivity (Wildman–Crippen MR) is 85.1 cm³/mol. The van der Waals surface area contributed by atoms with Crippen LogP contribution in [0.25, 0.3) is 0 Å². The largest absolute Gasteiger partial charge is 0.399 e. The fourth-order valence-corrected chi connectivity index (χ4v) is 3.16. The average Bonchev–Trinajstić information content (AvgIpc) is 2.71. The Kier molecular flexibility index (Phi) is 3.20. The number of anilines is 1. The first-order valence-electron chi connectivity index (χ1n) is 7.20. The Hall–Kier alpha value is -2.29. The summed E-state index contributed by atoms with van der Waals surface area (Å²) in [5.74, 6) is 0.0803. The predicted octanol–water partition coefficient (Wildman–Crippen LogP) is 3.35. The summed E-state index contributed by atoms with van der Waals surface area (Å²) in [4.78, 5) is 14.4. The van der Waals surface area contributed by atoms with Gasteiger partial charge in [0.1, 0.15) is 0 Å². The molecule has 3 heteroatoms. The molecule has 0 radical (unpaired) electrons. The Morgan fingerprint density at radius 3 is 2.43 bits per heavy atom. The van der Waals surface area contributed by atoms with Crippen molar-refractivity contribution in [1.82, 2.24) is 4.90 Å². The van der Waals surface area contributed by atoms with Gasteiger partial charge in [-0.1, -0.05) is 23.8 Å². The molecule has 2 N–H and O–H groups in total. The molecule has 2 aromatic carbocycles. The molecular formula is C18H20N2O. The van der Waals surface area contributed by atoms with E-state index < -0.39 is 0 Å². The Labute approximate surface area is 125 Å². The number of hydrogen-bond acceptors (Lipinski definition) is 2. The van der Waals surface area contributed by atoms with Gasteiger partial charge in [0, 0.05) is 24.3 Å². The van der Waals surface area contributed by atoms with Gasteiger partial charge >= 0.3 is 0 Å². The van der Waals surface area contributed by atoms with Crippen molar-refractivity contribution in [3.63, 3.8) is 0 Å². The summed E-state index contributed by atoms with van der Waals surface area (Å²) < 4.78 is 0. The number of fused-ring (bicyclic) bond motifs is 1. The van der Waals surface area contributed by atoms with Crippen molar-refractivity contribution in [3.8, 4) is 0 Å². The van der Waals surface area contributed by atoms with Crippen LogP contribution in [-0.2, 0) is 13.1 Å². The maximum atomic E-state index is 12.5. The zero-order chi connectivity index (χ0) is 15.1. The van der Waals surface area contributed by atoms with Gasteiger partial charge in [-0.05, 0) is 55.2 Å². The molecule has 3 rings (SSSR count). The molecule has 0 aromatic heterocycles. The van der Waals surface area contributed by atoms with Gasteiger partial charge in [-0.3, -0.25) is 4.79 Å². The molecule has 0 saturated heterocycles. The van der Waals surface area contributed by atoms with E-state index in [4.69, 9.17) is 5.73 Å². The Morgan fingerprint density at radius 2 is 1.76 bits per heavy atom. The number of aryl methyl sites for hydroxylation is 3. The first kappa shape index (κ1) is 13.7. The molecule has 3 nitrogen and oxygen atoms in total. The maximum Gasteiger partial charge on any atom is 0.254 e. The molecular weight excluding hydrogens is 260 g/mol. The number of amides is 1. The van der Waals surface area contributed by atoms with Crippen LogP contribution in [0.3, 0.4) is 0 Å². The van der Waals surface area contributed by atoms with Gasteiger partial charge in [-0.2, -0.15) is 0 Å². The van der Waals surface area contributed by atoms with Crippen molar-refractivity contribution < 1.29 is 4.79 Å². The summed E-state index contributed by atoms with van der Waals surface area (Å²) in [5.41, 5.74) is 13.2. The molecule has 21 heavy (non-hydrogen) atoms.